The van der Waals surface area contributed by atoms with Crippen LogP contribution in [0.4, 0.5) is 0 Å². The second-order valence-electron chi connectivity index (χ2n) is 2.20. The Morgan fingerprint density at radius 1 is 1.70 bits per heavy atom. The zero-order valence-electron chi connectivity index (χ0n) is 6.14. The van der Waals surface area contributed by atoms with Gasteiger partial charge < -0.3 is 4.98 Å². The van der Waals surface area contributed by atoms with Gasteiger partial charge in [-0.05, 0) is 18.9 Å². The average molecular weight is 138 g/mol. The molecule has 0 bridgehead atoms. The lowest BCUT2D eigenvalue weighted by atomic mass is 10.2. The maximum atomic E-state index is 10.6. The summed E-state index contributed by atoms with van der Waals surface area (Å²) in [6.07, 6.45) is 2.45. The van der Waals surface area contributed by atoms with Gasteiger partial charge in [-0.25, -0.2) is 9.78 Å². The first-order valence-corrected chi connectivity index (χ1v) is 3.29. The second-order valence-corrected chi connectivity index (χ2v) is 2.20. The van der Waals surface area contributed by atoms with E-state index in [1.54, 1.807) is 6.20 Å². The largest absolute Gasteiger partial charge is 0.345 e. The van der Waals surface area contributed by atoms with Crippen molar-refractivity contribution < 1.29 is 0 Å². The van der Waals surface area contributed by atoms with Crippen LogP contribution in [0.5, 0.6) is 0 Å². The first-order valence-electron chi connectivity index (χ1n) is 3.29. The van der Waals surface area contributed by atoms with Crippen LogP contribution in [0.1, 0.15) is 18.2 Å². The Bertz CT molecular complexity index is 277. The monoisotopic (exact) mass is 138 g/mol. The molecule has 0 aliphatic rings. The van der Waals surface area contributed by atoms with E-state index in [0.29, 0.717) is 0 Å². The summed E-state index contributed by atoms with van der Waals surface area (Å²) in [6.45, 7) is 3.93. The third-order valence-corrected chi connectivity index (χ3v) is 1.46. The molecule has 0 atom stereocenters. The van der Waals surface area contributed by atoms with Crippen LogP contribution in [0, 0.1) is 6.92 Å². The molecule has 1 aromatic rings. The summed E-state index contributed by atoms with van der Waals surface area (Å²) in [5, 5.41) is 0. The topological polar surface area (TPSA) is 45.8 Å². The molecular weight excluding hydrogens is 128 g/mol. The maximum Gasteiger partial charge on any atom is 0.345 e. The number of aryl methyl sites for hydroxylation is 2. The standard InChI is InChI=1S/C7H10N2O/c1-3-6-5(2)4-8-7(10)9-6/h4H,3H2,1-2H3,(H,8,9,10). The van der Waals surface area contributed by atoms with Gasteiger partial charge in [0.25, 0.3) is 0 Å². The first-order chi connectivity index (χ1) is 4.74. The zero-order valence-corrected chi connectivity index (χ0v) is 6.14. The van der Waals surface area contributed by atoms with Gasteiger partial charge in [0.05, 0.1) is 0 Å². The van der Waals surface area contributed by atoms with Crippen molar-refractivity contribution in [2.75, 3.05) is 0 Å². The molecule has 0 amide bonds. The Labute approximate surface area is 59.1 Å². The van der Waals surface area contributed by atoms with E-state index in [-0.39, 0.29) is 5.69 Å². The number of nitrogens with zero attached hydrogens (tertiary/aromatic N) is 1. The van der Waals surface area contributed by atoms with Crippen LogP contribution in [-0.4, -0.2) is 9.97 Å². The minimum atomic E-state index is -0.262. The van der Waals surface area contributed by atoms with Gasteiger partial charge in [0, 0.05) is 11.9 Å². The van der Waals surface area contributed by atoms with Gasteiger partial charge in [-0.3, -0.25) is 0 Å². The van der Waals surface area contributed by atoms with E-state index in [0.717, 1.165) is 17.7 Å². The highest BCUT2D eigenvalue weighted by Gasteiger charge is 1.94. The van der Waals surface area contributed by atoms with Gasteiger partial charge in [-0.2, -0.15) is 0 Å². The third-order valence-electron chi connectivity index (χ3n) is 1.46. The minimum Gasteiger partial charge on any atom is -0.310 e. The van der Waals surface area contributed by atoms with Gasteiger partial charge in [0.15, 0.2) is 0 Å². The molecule has 0 spiro atoms. The molecule has 0 radical (unpaired) electrons. The molecule has 3 nitrogen and oxygen atoms in total. The number of nitrogens with one attached hydrogen (secondary N) is 1. The molecule has 0 fully saturated rings. The van der Waals surface area contributed by atoms with E-state index >= 15 is 0 Å². The Morgan fingerprint density at radius 2 is 2.40 bits per heavy atom. The Morgan fingerprint density at radius 3 is 2.90 bits per heavy atom. The molecule has 1 N–H and O–H groups in total. The number of aromatic nitrogens is 2. The van der Waals surface area contributed by atoms with E-state index < -0.39 is 0 Å². The van der Waals surface area contributed by atoms with Crippen molar-refractivity contribution in [3.63, 3.8) is 0 Å². The van der Waals surface area contributed by atoms with Crippen molar-refractivity contribution in [3.8, 4) is 0 Å². The number of aromatic amines is 1. The number of H-pyrrole nitrogens is 1. The molecule has 0 saturated heterocycles. The van der Waals surface area contributed by atoms with Crippen LogP contribution >= 0.6 is 0 Å². The minimum absolute atomic E-state index is 0.262. The predicted molar refractivity (Wildman–Crippen MR) is 39.0 cm³/mol. The third kappa shape index (κ3) is 1.23. The van der Waals surface area contributed by atoms with Crippen LogP contribution in [-0.2, 0) is 6.42 Å². The number of rotatable bonds is 1. The molecule has 54 valence electrons. The van der Waals surface area contributed by atoms with Crippen LogP contribution in [0.25, 0.3) is 0 Å². The molecule has 1 rings (SSSR count). The fourth-order valence-corrected chi connectivity index (χ4v) is 0.861. The van der Waals surface area contributed by atoms with E-state index in [1.807, 2.05) is 13.8 Å². The molecule has 0 aromatic carbocycles. The fraction of sp³-hybridized carbons (Fsp3) is 0.429. The highest BCUT2D eigenvalue weighted by Crippen LogP contribution is 1.98. The maximum absolute atomic E-state index is 10.6. The molecular formula is C7H10N2O. The van der Waals surface area contributed by atoms with E-state index in [4.69, 9.17) is 0 Å². The number of hydrogen-bond donors (Lipinski definition) is 1. The van der Waals surface area contributed by atoms with Gasteiger partial charge in [0.1, 0.15) is 0 Å². The SMILES string of the molecule is CCc1[nH]c(=O)ncc1C. The van der Waals surface area contributed by atoms with Crippen molar-refractivity contribution in [1.82, 2.24) is 9.97 Å². The van der Waals surface area contributed by atoms with Crippen LogP contribution in [0.3, 0.4) is 0 Å². The van der Waals surface area contributed by atoms with E-state index in [9.17, 15) is 4.79 Å². The lowest BCUT2D eigenvalue weighted by molar-refractivity contribution is 0.931. The van der Waals surface area contributed by atoms with Gasteiger partial charge in [0.2, 0.25) is 0 Å². The second kappa shape index (κ2) is 2.64. The smallest absolute Gasteiger partial charge is 0.310 e. The summed E-state index contributed by atoms with van der Waals surface area (Å²) < 4.78 is 0. The highest BCUT2D eigenvalue weighted by atomic mass is 16.1. The van der Waals surface area contributed by atoms with Crippen molar-refractivity contribution in [1.29, 1.82) is 0 Å². The Balaban J connectivity index is 3.22. The van der Waals surface area contributed by atoms with E-state index in [2.05, 4.69) is 9.97 Å². The average Bonchev–Trinajstić information content (AvgIpc) is 1.94. The normalized spacial score (nSPS) is 9.80. The molecule has 0 aliphatic carbocycles. The Kier molecular flexibility index (Phi) is 1.85. The predicted octanol–water partition coefficient (Wildman–Crippen LogP) is 0.641. The van der Waals surface area contributed by atoms with Crippen LogP contribution in [0.15, 0.2) is 11.0 Å². The summed E-state index contributed by atoms with van der Waals surface area (Å²) in [4.78, 5) is 16.9. The molecule has 1 heterocycles. The van der Waals surface area contributed by atoms with E-state index in [1.165, 1.54) is 0 Å². The highest BCUT2D eigenvalue weighted by molar-refractivity contribution is 5.12. The van der Waals surface area contributed by atoms with Crippen LogP contribution < -0.4 is 5.69 Å². The summed E-state index contributed by atoms with van der Waals surface area (Å²) in [6, 6.07) is 0. The summed E-state index contributed by atoms with van der Waals surface area (Å²) in [5.41, 5.74) is 1.75. The van der Waals surface area contributed by atoms with Crippen molar-refractivity contribution in [2.24, 2.45) is 0 Å². The molecule has 3 heteroatoms. The van der Waals surface area contributed by atoms with Gasteiger partial charge >= 0.3 is 5.69 Å². The first kappa shape index (κ1) is 6.99. The quantitative estimate of drug-likeness (QED) is 0.619. The molecule has 1 aromatic heterocycles. The lowest BCUT2D eigenvalue weighted by Crippen LogP contribution is -2.12. The van der Waals surface area contributed by atoms with Gasteiger partial charge in [-0.15, -0.1) is 0 Å². The van der Waals surface area contributed by atoms with Crippen molar-refractivity contribution in [2.45, 2.75) is 20.3 Å². The summed E-state index contributed by atoms with van der Waals surface area (Å²) >= 11 is 0. The Hall–Kier alpha value is -1.12. The molecule has 0 aliphatic heterocycles. The summed E-state index contributed by atoms with van der Waals surface area (Å²) in [7, 11) is 0. The summed E-state index contributed by atoms with van der Waals surface area (Å²) in [5.74, 6) is 0. The molecule has 0 saturated carbocycles. The van der Waals surface area contributed by atoms with Gasteiger partial charge in [-0.1, -0.05) is 6.92 Å². The van der Waals surface area contributed by atoms with Crippen LogP contribution in [0.2, 0.25) is 0 Å². The van der Waals surface area contributed by atoms with Crippen molar-refractivity contribution >= 4 is 0 Å². The molecule has 10 heavy (non-hydrogen) atoms. The lowest BCUT2D eigenvalue weighted by Gasteiger charge is -1.97. The van der Waals surface area contributed by atoms with Crippen molar-refractivity contribution in [3.05, 3.63) is 27.9 Å². The zero-order chi connectivity index (χ0) is 7.56. The number of hydrogen-bond acceptors (Lipinski definition) is 2. The molecule has 0 unspecified atom stereocenters. The fourth-order valence-electron chi connectivity index (χ4n) is 0.861.